The summed E-state index contributed by atoms with van der Waals surface area (Å²) in [6.07, 6.45) is 8.96. The molecule has 2 aliphatic heterocycles. The van der Waals surface area contributed by atoms with Gasteiger partial charge in [0.1, 0.15) is 5.75 Å². The number of allylic oxidation sites excluding steroid dienone is 1. The number of fused-ring (bicyclic) bond motifs is 4. The van der Waals surface area contributed by atoms with E-state index in [0.717, 1.165) is 61.7 Å². The first-order valence-corrected chi connectivity index (χ1v) is 15.2. The summed E-state index contributed by atoms with van der Waals surface area (Å²) in [5.74, 6) is 1.60. The molecule has 2 aromatic rings. The molecule has 2 heterocycles. The Morgan fingerprint density at radius 1 is 1.16 bits per heavy atom. The molecule has 2 N–H and O–H groups in total. The van der Waals surface area contributed by atoms with E-state index in [0.29, 0.717) is 18.1 Å². The smallest absolute Gasteiger partial charge is 0.261 e. The van der Waals surface area contributed by atoms with E-state index >= 15 is 0 Å². The Labute approximate surface area is 235 Å². The van der Waals surface area contributed by atoms with Gasteiger partial charge >= 0.3 is 0 Å². The molecule has 0 unspecified atom stereocenters. The Bertz CT molecular complexity index is 1250. The molecule has 1 fully saturated rings. The standard InChI is InChI=1S/C31H37ClN2O3S/c1-19-5-11-28(35)25-9-6-23(25)16-34-17-31(13-3-4-21-14-24(32)8-10-26(21)31)18-37-29-12-7-22(15-27(29)34)30(36)33-38-20(19)2/h5,7-8,10-12,14-15,19-20,23,25,28,35H,3-4,6,9,13,16-18H2,1-2H3,(H,33,36)/b11-5-/t19-,20+,23+,25-,28+,31+/m1/s1. The first-order chi connectivity index (χ1) is 18.3. The molecule has 1 saturated carbocycles. The minimum absolute atomic E-state index is 0.0891. The van der Waals surface area contributed by atoms with Crippen LogP contribution in [0.1, 0.15) is 61.0 Å². The van der Waals surface area contributed by atoms with E-state index < -0.39 is 6.10 Å². The molecule has 2 aliphatic carbocycles. The number of halogens is 1. The summed E-state index contributed by atoms with van der Waals surface area (Å²) in [5, 5.41) is 12.1. The predicted molar refractivity (Wildman–Crippen MR) is 155 cm³/mol. The number of nitrogens with zero attached hydrogens (tertiary/aromatic N) is 1. The molecular weight excluding hydrogens is 516 g/mol. The van der Waals surface area contributed by atoms with Gasteiger partial charge < -0.3 is 14.7 Å². The van der Waals surface area contributed by atoms with E-state index in [2.05, 4.69) is 41.7 Å². The summed E-state index contributed by atoms with van der Waals surface area (Å²) in [5.41, 5.74) is 4.13. The van der Waals surface area contributed by atoms with Crippen LogP contribution in [-0.2, 0) is 11.8 Å². The van der Waals surface area contributed by atoms with Gasteiger partial charge in [-0.25, -0.2) is 0 Å². The fourth-order valence-corrected chi connectivity index (χ4v) is 7.62. The molecule has 2 aromatic carbocycles. The third-order valence-corrected chi connectivity index (χ3v) is 10.7. The lowest BCUT2D eigenvalue weighted by Crippen LogP contribution is -2.49. The zero-order valence-corrected chi connectivity index (χ0v) is 23.7. The van der Waals surface area contributed by atoms with Crippen molar-refractivity contribution in [2.24, 2.45) is 17.8 Å². The van der Waals surface area contributed by atoms with E-state index in [1.807, 2.05) is 30.3 Å². The Hall–Kier alpha value is -2.15. The second-order valence-corrected chi connectivity index (χ2v) is 13.4. The molecule has 6 atom stereocenters. The maximum atomic E-state index is 13.2. The number of hydrogen-bond acceptors (Lipinski definition) is 5. The second kappa shape index (κ2) is 10.4. The van der Waals surface area contributed by atoms with Crippen molar-refractivity contribution in [3.63, 3.8) is 0 Å². The zero-order valence-electron chi connectivity index (χ0n) is 22.2. The van der Waals surface area contributed by atoms with Gasteiger partial charge in [0.15, 0.2) is 0 Å². The summed E-state index contributed by atoms with van der Waals surface area (Å²) in [7, 11) is 0. The van der Waals surface area contributed by atoms with Crippen molar-refractivity contribution >= 4 is 35.1 Å². The summed E-state index contributed by atoms with van der Waals surface area (Å²) in [6, 6.07) is 12.2. The van der Waals surface area contributed by atoms with E-state index in [1.165, 1.54) is 23.1 Å². The van der Waals surface area contributed by atoms with Crippen molar-refractivity contribution in [3.05, 3.63) is 70.3 Å². The first kappa shape index (κ1) is 26.1. The van der Waals surface area contributed by atoms with Gasteiger partial charge in [0.2, 0.25) is 0 Å². The van der Waals surface area contributed by atoms with Crippen LogP contribution in [0.15, 0.2) is 48.6 Å². The number of aryl methyl sites for hydroxylation is 1. The second-order valence-electron chi connectivity index (χ2n) is 11.8. The lowest BCUT2D eigenvalue weighted by molar-refractivity contribution is 0.0454. The maximum absolute atomic E-state index is 13.2. The number of amides is 1. The Balaban J connectivity index is 1.41. The highest BCUT2D eigenvalue weighted by Crippen LogP contribution is 2.46. The normalized spacial score (nSPS) is 33.8. The molecule has 7 heteroatoms. The highest BCUT2D eigenvalue weighted by atomic mass is 35.5. The molecule has 38 heavy (non-hydrogen) atoms. The third kappa shape index (κ3) is 4.84. The van der Waals surface area contributed by atoms with Crippen molar-refractivity contribution in [1.29, 1.82) is 0 Å². The molecule has 0 saturated heterocycles. The zero-order chi connectivity index (χ0) is 26.4. The topological polar surface area (TPSA) is 61.8 Å². The number of carbonyl (C=O) groups excluding carboxylic acids is 1. The van der Waals surface area contributed by atoms with Gasteiger partial charge in [-0.1, -0.05) is 43.7 Å². The quantitative estimate of drug-likeness (QED) is 0.302. The number of ether oxygens (including phenoxy) is 1. The van der Waals surface area contributed by atoms with E-state index in [4.69, 9.17) is 16.3 Å². The number of rotatable bonds is 0. The molecule has 5 nitrogen and oxygen atoms in total. The summed E-state index contributed by atoms with van der Waals surface area (Å²) >= 11 is 7.83. The maximum Gasteiger partial charge on any atom is 0.261 e. The van der Waals surface area contributed by atoms with E-state index in [9.17, 15) is 9.90 Å². The summed E-state index contributed by atoms with van der Waals surface area (Å²) < 4.78 is 9.63. The Morgan fingerprint density at radius 3 is 2.84 bits per heavy atom. The number of carbonyl (C=O) groups is 1. The number of nitrogens with one attached hydrogen (secondary N) is 1. The van der Waals surface area contributed by atoms with Gasteiger partial charge in [0.25, 0.3) is 5.91 Å². The van der Waals surface area contributed by atoms with Crippen LogP contribution in [-0.4, -0.2) is 42.1 Å². The van der Waals surface area contributed by atoms with Crippen LogP contribution >= 0.6 is 23.5 Å². The lowest BCUT2D eigenvalue weighted by atomic mass is 9.68. The van der Waals surface area contributed by atoms with Crippen LogP contribution in [0.2, 0.25) is 5.02 Å². The van der Waals surface area contributed by atoms with Crippen LogP contribution in [0, 0.1) is 17.8 Å². The molecule has 0 radical (unpaired) electrons. The number of benzene rings is 2. The fraction of sp³-hybridized carbons (Fsp3) is 0.516. The monoisotopic (exact) mass is 552 g/mol. The van der Waals surface area contributed by atoms with Crippen molar-refractivity contribution in [1.82, 2.24) is 4.72 Å². The van der Waals surface area contributed by atoms with Crippen molar-refractivity contribution in [2.45, 2.75) is 62.7 Å². The van der Waals surface area contributed by atoms with Gasteiger partial charge in [0, 0.05) is 34.3 Å². The highest BCUT2D eigenvalue weighted by molar-refractivity contribution is 7.98. The average molecular weight is 553 g/mol. The molecule has 0 aromatic heterocycles. The van der Waals surface area contributed by atoms with Gasteiger partial charge in [-0.2, -0.15) is 0 Å². The summed E-state index contributed by atoms with van der Waals surface area (Å²) in [4.78, 5) is 15.6. The molecule has 6 rings (SSSR count). The Kier molecular flexibility index (Phi) is 7.17. The van der Waals surface area contributed by atoms with Crippen LogP contribution in [0.3, 0.4) is 0 Å². The number of anilines is 1. The molecule has 1 amide bonds. The van der Waals surface area contributed by atoms with Gasteiger partial charge in [-0.3, -0.25) is 9.52 Å². The SMILES string of the molecule is C[C@@H]1/C=C\[C@H](O)[C@@H]2CC[C@H]2CN2C[C@@]3(CCCc4cc(Cl)ccc43)COc3ccc(cc32)C(=O)NS[C@H]1C. The van der Waals surface area contributed by atoms with Gasteiger partial charge in [-0.15, -0.1) is 0 Å². The lowest BCUT2D eigenvalue weighted by Gasteiger charge is -2.45. The third-order valence-electron chi connectivity index (χ3n) is 9.36. The van der Waals surface area contributed by atoms with Crippen LogP contribution in [0.25, 0.3) is 0 Å². The predicted octanol–water partition coefficient (Wildman–Crippen LogP) is 6.17. The van der Waals surface area contributed by atoms with Gasteiger partial charge in [0.05, 0.1) is 18.4 Å². The number of hydrogen-bond donors (Lipinski definition) is 2. The highest BCUT2D eigenvalue weighted by Gasteiger charge is 2.44. The first-order valence-electron chi connectivity index (χ1n) is 14.0. The molecular formula is C31H37ClN2O3S. The van der Waals surface area contributed by atoms with Crippen molar-refractivity contribution < 1.29 is 14.6 Å². The summed E-state index contributed by atoms with van der Waals surface area (Å²) in [6.45, 7) is 6.50. The van der Waals surface area contributed by atoms with Crippen LogP contribution in [0.5, 0.6) is 5.75 Å². The van der Waals surface area contributed by atoms with Crippen LogP contribution in [0.4, 0.5) is 5.69 Å². The van der Waals surface area contributed by atoms with Gasteiger partial charge in [-0.05, 0) is 103 Å². The molecule has 202 valence electrons. The Morgan fingerprint density at radius 2 is 2.03 bits per heavy atom. The van der Waals surface area contributed by atoms with Crippen molar-refractivity contribution in [3.8, 4) is 5.75 Å². The largest absolute Gasteiger partial charge is 0.490 e. The molecule has 2 bridgehead atoms. The fourth-order valence-electron chi connectivity index (χ4n) is 6.71. The minimum Gasteiger partial charge on any atom is -0.490 e. The van der Waals surface area contributed by atoms with Crippen molar-refractivity contribution in [2.75, 3.05) is 24.6 Å². The molecule has 4 aliphatic rings. The number of aliphatic hydroxyl groups excluding tert-OH is 1. The minimum atomic E-state index is -0.450. The van der Waals surface area contributed by atoms with E-state index in [1.54, 1.807) is 0 Å². The van der Waals surface area contributed by atoms with E-state index in [-0.39, 0.29) is 28.4 Å². The number of aliphatic hydroxyl groups is 1. The molecule has 1 spiro atoms. The average Bonchev–Trinajstić information content (AvgIpc) is 3.04. The van der Waals surface area contributed by atoms with Crippen LogP contribution < -0.4 is 14.4 Å².